The Hall–Kier alpha value is -4.70. The van der Waals surface area contributed by atoms with Crippen LogP contribution in [0.15, 0.2) is 118 Å². The van der Waals surface area contributed by atoms with Gasteiger partial charge in [-0.2, -0.15) is 18.3 Å². The lowest BCUT2D eigenvalue weighted by Gasteiger charge is -2.40. The quantitative estimate of drug-likeness (QED) is 0.218. The minimum Gasteiger partial charge on any atom is -0.337 e. The van der Waals surface area contributed by atoms with Gasteiger partial charge in [0.2, 0.25) is 0 Å². The highest BCUT2D eigenvalue weighted by Gasteiger charge is 2.41. The van der Waals surface area contributed by atoms with Crippen molar-refractivity contribution in [3.63, 3.8) is 0 Å². The number of aliphatic imine (C=N–C) groups is 2. The number of nitrogens with one attached hydrogen (secondary N) is 1. The lowest BCUT2D eigenvalue weighted by atomic mass is 9.93. The summed E-state index contributed by atoms with van der Waals surface area (Å²) in [5.74, 6) is 1.44. The van der Waals surface area contributed by atoms with Gasteiger partial charge in [-0.3, -0.25) is 0 Å². The summed E-state index contributed by atoms with van der Waals surface area (Å²) in [6.07, 6.45) is -4.48. The molecular weight excluding hydrogens is 605 g/mol. The number of hydrogen-bond donors (Lipinski definition) is 1. The van der Waals surface area contributed by atoms with E-state index in [1.165, 1.54) is 6.07 Å². The fourth-order valence-electron chi connectivity index (χ4n) is 5.45. The fraction of sp³-hybridized carbons (Fsp3) is 0.0938. The van der Waals surface area contributed by atoms with Crippen LogP contribution < -0.4 is 10.2 Å². The minimum atomic E-state index is -4.48. The van der Waals surface area contributed by atoms with Crippen LogP contribution in [0.25, 0.3) is 5.69 Å². The van der Waals surface area contributed by atoms with Gasteiger partial charge in [-0.25, -0.2) is 14.7 Å². The Morgan fingerprint density at radius 3 is 2.38 bits per heavy atom. The largest absolute Gasteiger partial charge is 0.416 e. The second-order valence-corrected chi connectivity index (χ2v) is 10.9. The summed E-state index contributed by atoms with van der Waals surface area (Å²) < 4.78 is 43.4. The standard InChI is InChI=1S/C32H22BrF3N6/c1-19-27-28(20-9-7-11-22(33)17-20)41-26-16-6-5-15-25(26)38-29(37-23-12-8-10-21(18-23)32(34,35)36)31(41)39-30(27)42(40-19)24-13-3-2-4-14-24/h2-18,28H,1H3,(H,37,38)/t28-/m0/s1. The molecule has 1 N–H and O–H groups in total. The molecule has 0 fully saturated rings. The van der Waals surface area contributed by atoms with Gasteiger partial charge >= 0.3 is 6.18 Å². The molecule has 208 valence electrons. The summed E-state index contributed by atoms with van der Waals surface area (Å²) in [4.78, 5) is 12.1. The Morgan fingerprint density at radius 2 is 1.60 bits per heavy atom. The molecule has 10 heteroatoms. The predicted molar refractivity (Wildman–Crippen MR) is 162 cm³/mol. The Morgan fingerprint density at radius 1 is 0.833 bits per heavy atom. The number of nitrogens with zero attached hydrogens (tertiary/aromatic N) is 5. The van der Waals surface area contributed by atoms with Crippen molar-refractivity contribution in [1.29, 1.82) is 0 Å². The van der Waals surface area contributed by atoms with Crippen LogP contribution >= 0.6 is 15.9 Å². The zero-order chi connectivity index (χ0) is 29.0. The van der Waals surface area contributed by atoms with Crippen molar-refractivity contribution >= 4 is 50.5 Å². The second-order valence-electron chi connectivity index (χ2n) is 9.99. The molecule has 0 unspecified atom stereocenters. The van der Waals surface area contributed by atoms with E-state index in [1.807, 2.05) is 78.3 Å². The van der Waals surface area contributed by atoms with E-state index < -0.39 is 11.7 Å². The number of amidine groups is 2. The van der Waals surface area contributed by atoms with Crippen LogP contribution in [0, 0.1) is 6.92 Å². The summed E-state index contributed by atoms with van der Waals surface area (Å²) in [7, 11) is 0. The number of fused-ring (bicyclic) bond motifs is 4. The first kappa shape index (κ1) is 26.2. The van der Waals surface area contributed by atoms with Gasteiger partial charge < -0.3 is 10.2 Å². The first-order valence-electron chi connectivity index (χ1n) is 13.2. The molecule has 0 aliphatic carbocycles. The number of alkyl halides is 3. The highest BCUT2D eigenvalue weighted by molar-refractivity contribution is 9.10. The maximum absolute atomic E-state index is 13.6. The summed E-state index contributed by atoms with van der Waals surface area (Å²) in [6.45, 7) is 1.97. The van der Waals surface area contributed by atoms with E-state index in [4.69, 9.17) is 15.1 Å². The number of rotatable bonds is 3. The van der Waals surface area contributed by atoms with Crippen molar-refractivity contribution in [2.45, 2.75) is 19.1 Å². The van der Waals surface area contributed by atoms with Crippen LogP contribution in [-0.4, -0.2) is 21.5 Å². The highest BCUT2D eigenvalue weighted by Crippen LogP contribution is 2.48. The number of hydrogen-bond acceptors (Lipinski definition) is 5. The van der Waals surface area contributed by atoms with Crippen LogP contribution in [-0.2, 0) is 6.18 Å². The molecule has 42 heavy (non-hydrogen) atoms. The van der Waals surface area contributed by atoms with Crippen LogP contribution in [0.1, 0.15) is 28.4 Å². The zero-order valence-corrected chi connectivity index (χ0v) is 23.7. The molecule has 2 aliphatic heterocycles. The third kappa shape index (κ3) is 4.48. The molecule has 6 nitrogen and oxygen atoms in total. The third-order valence-corrected chi connectivity index (χ3v) is 7.75. The fourth-order valence-corrected chi connectivity index (χ4v) is 5.87. The number of halogens is 4. The summed E-state index contributed by atoms with van der Waals surface area (Å²) in [5, 5.41) is 8.06. The van der Waals surface area contributed by atoms with Gasteiger partial charge in [0, 0.05) is 15.7 Å². The number of benzene rings is 4. The number of aromatic nitrogens is 2. The van der Waals surface area contributed by atoms with Crippen molar-refractivity contribution in [3.8, 4) is 5.69 Å². The van der Waals surface area contributed by atoms with Gasteiger partial charge in [0.25, 0.3) is 0 Å². The molecule has 0 bridgehead atoms. The SMILES string of the molecule is Cc1nn(-c2ccccc2)c2c1[C@H](c1cccc(Br)c1)N1C(=N2)C(Nc2cccc(C(F)(F)F)c2)=Nc2ccccc21. The number of aryl methyl sites for hydroxylation is 1. The molecule has 1 aromatic heterocycles. The molecule has 5 aromatic rings. The van der Waals surface area contributed by atoms with Crippen LogP contribution in [0.4, 0.5) is 36.1 Å². The van der Waals surface area contributed by atoms with Gasteiger partial charge in [-0.1, -0.05) is 64.5 Å². The molecule has 0 radical (unpaired) electrons. The minimum absolute atomic E-state index is 0.253. The molecule has 7 rings (SSSR count). The molecule has 0 saturated heterocycles. The summed E-state index contributed by atoms with van der Waals surface area (Å²) in [5.41, 5.74) is 4.57. The second kappa shape index (κ2) is 9.99. The van der Waals surface area contributed by atoms with E-state index in [-0.39, 0.29) is 11.7 Å². The molecule has 0 amide bonds. The Bertz CT molecular complexity index is 1890. The van der Waals surface area contributed by atoms with E-state index in [1.54, 1.807) is 6.07 Å². The van der Waals surface area contributed by atoms with Crippen molar-refractivity contribution < 1.29 is 13.2 Å². The maximum Gasteiger partial charge on any atom is 0.416 e. The molecule has 0 saturated carbocycles. The van der Waals surface area contributed by atoms with E-state index >= 15 is 0 Å². The lowest BCUT2D eigenvalue weighted by Crippen LogP contribution is -2.46. The highest BCUT2D eigenvalue weighted by atomic mass is 79.9. The van der Waals surface area contributed by atoms with Crippen LogP contribution in [0.5, 0.6) is 0 Å². The van der Waals surface area contributed by atoms with E-state index in [9.17, 15) is 13.2 Å². The average Bonchev–Trinajstić information content (AvgIpc) is 3.32. The Kier molecular flexibility index (Phi) is 6.23. The Labute approximate surface area is 248 Å². The van der Waals surface area contributed by atoms with Crippen LogP contribution in [0.3, 0.4) is 0 Å². The molecule has 2 aliphatic rings. The first-order chi connectivity index (χ1) is 20.3. The van der Waals surface area contributed by atoms with Gasteiger partial charge in [-0.05, 0) is 67.1 Å². The lowest BCUT2D eigenvalue weighted by molar-refractivity contribution is -0.137. The van der Waals surface area contributed by atoms with Gasteiger partial charge in [0.15, 0.2) is 17.5 Å². The van der Waals surface area contributed by atoms with Gasteiger partial charge in [0.1, 0.15) is 0 Å². The van der Waals surface area contributed by atoms with Crippen molar-refractivity contribution in [3.05, 3.63) is 130 Å². The monoisotopic (exact) mass is 626 g/mol. The Balaban J connectivity index is 1.47. The maximum atomic E-state index is 13.6. The van der Waals surface area contributed by atoms with Gasteiger partial charge in [0.05, 0.1) is 34.4 Å². The smallest absolute Gasteiger partial charge is 0.337 e. The molecule has 3 heterocycles. The first-order valence-corrected chi connectivity index (χ1v) is 14.0. The molecule has 4 aromatic carbocycles. The number of anilines is 2. The van der Waals surface area contributed by atoms with E-state index in [2.05, 4.69) is 38.3 Å². The van der Waals surface area contributed by atoms with Crippen molar-refractivity contribution in [2.24, 2.45) is 9.98 Å². The van der Waals surface area contributed by atoms with Crippen LogP contribution in [0.2, 0.25) is 0 Å². The normalized spacial score (nSPS) is 15.7. The third-order valence-electron chi connectivity index (χ3n) is 7.26. The van der Waals surface area contributed by atoms with E-state index in [0.717, 1.165) is 44.8 Å². The molecule has 0 spiro atoms. The van der Waals surface area contributed by atoms with Crippen molar-refractivity contribution in [1.82, 2.24) is 9.78 Å². The zero-order valence-electron chi connectivity index (χ0n) is 22.1. The van der Waals surface area contributed by atoms with E-state index in [0.29, 0.717) is 23.2 Å². The summed E-state index contributed by atoms with van der Waals surface area (Å²) in [6, 6.07) is 30.2. The van der Waals surface area contributed by atoms with Crippen molar-refractivity contribution in [2.75, 3.05) is 10.2 Å². The topological polar surface area (TPSA) is 57.8 Å². The molecule has 1 atom stereocenters. The molecular formula is C32H22BrF3N6. The van der Waals surface area contributed by atoms with Gasteiger partial charge in [-0.15, -0.1) is 0 Å². The predicted octanol–water partition coefficient (Wildman–Crippen LogP) is 8.76. The number of para-hydroxylation sites is 3. The average molecular weight is 627 g/mol. The summed E-state index contributed by atoms with van der Waals surface area (Å²) >= 11 is 3.63.